The number of rotatable bonds is 4. The van der Waals surface area contributed by atoms with Crippen molar-refractivity contribution in [1.82, 2.24) is 9.38 Å². The van der Waals surface area contributed by atoms with Crippen LogP contribution in [0.3, 0.4) is 0 Å². The van der Waals surface area contributed by atoms with E-state index in [1.54, 1.807) is 16.5 Å². The molecule has 2 aromatic heterocycles. The molecule has 2 heterocycles. The Balaban J connectivity index is 1.51. The van der Waals surface area contributed by atoms with E-state index in [4.69, 9.17) is 27.9 Å². The maximum atomic E-state index is 13.3. The molecule has 166 valence electrons. The van der Waals surface area contributed by atoms with E-state index >= 15 is 0 Å². The van der Waals surface area contributed by atoms with E-state index in [1.807, 2.05) is 72.8 Å². The average molecular weight is 503 g/mol. The zero-order valence-electron chi connectivity index (χ0n) is 17.7. The van der Waals surface area contributed by atoms with Gasteiger partial charge in [0.2, 0.25) is 0 Å². The fourth-order valence-electron chi connectivity index (χ4n) is 4.09. The van der Waals surface area contributed by atoms with Crippen molar-refractivity contribution >= 4 is 67.4 Å². The molecule has 6 aromatic rings. The second-order valence-corrected chi connectivity index (χ2v) is 9.71. The minimum absolute atomic E-state index is 0.0895. The lowest BCUT2D eigenvalue weighted by Gasteiger charge is -2.13. The lowest BCUT2D eigenvalue weighted by atomic mass is 10.0. The maximum absolute atomic E-state index is 13.3. The van der Waals surface area contributed by atoms with E-state index in [1.165, 1.54) is 11.3 Å². The van der Waals surface area contributed by atoms with Gasteiger partial charge in [-0.2, -0.15) is 0 Å². The summed E-state index contributed by atoms with van der Waals surface area (Å²) in [6, 6.07) is 25.0. The zero-order valence-corrected chi connectivity index (χ0v) is 20.0. The molecule has 7 heteroatoms. The first-order valence-corrected chi connectivity index (χ1v) is 12.2. The van der Waals surface area contributed by atoms with Crippen LogP contribution in [0, 0.1) is 0 Å². The summed E-state index contributed by atoms with van der Waals surface area (Å²) in [4.78, 5) is 18.6. The van der Waals surface area contributed by atoms with Crippen LogP contribution in [0.4, 0.5) is 0 Å². The van der Waals surface area contributed by atoms with Crippen LogP contribution in [0.1, 0.15) is 11.1 Å². The van der Waals surface area contributed by atoms with Crippen LogP contribution in [-0.4, -0.2) is 9.38 Å². The van der Waals surface area contributed by atoms with Crippen LogP contribution >= 0.6 is 34.5 Å². The molecular weight excluding hydrogens is 487 g/mol. The third kappa shape index (κ3) is 3.62. The summed E-state index contributed by atoms with van der Waals surface area (Å²) in [5.74, 6) is 0.667. The molecule has 0 N–H and O–H groups in total. The summed E-state index contributed by atoms with van der Waals surface area (Å²) < 4.78 is 8.48. The zero-order chi connectivity index (χ0) is 23.2. The number of para-hydroxylation sites is 2. The standard InChI is InChI=1S/C27H16Cl2N2O2S/c28-18-11-9-17(21(29)13-18)15-33-24-12-10-16-5-1-2-6-19(16)20(24)14-25-26(32)31-23-8-4-3-7-22(23)30-27(31)34-25/h1-14H,15H2/b25-14-. The number of fused-ring (bicyclic) bond motifs is 4. The Morgan fingerprint density at radius 1 is 0.971 bits per heavy atom. The van der Waals surface area contributed by atoms with Crippen molar-refractivity contribution in [2.24, 2.45) is 0 Å². The number of thiazole rings is 1. The number of hydrogen-bond donors (Lipinski definition) is 0. The second kappa shape index (κ2) is 8.44. The molecule has 0 bridgehead atoms. The summed E-state index contributed by atoms with van der Waals surface area (Å²) in [6.07, 6.45) is 1.90. The number of hydrogen-bond acceptors (Lipinski definition) is 4. The van der Waals surface area contributed by atoms with Crippen molar-refractivity contribution in [1.29, 1.82) is 0 Å². The van der Waals surface area contributed by atoms with Gasteiger partial charge in [0.05, 0.1) is 15.6 Å². The van der Waals surface area contributed by atoms with Crippen molar-refractivity contribution in [3.8, 4) is 5.75 Å². The molecule has 0 amide bonds. The van der Waals surface area contributed by atoms with Gasteiger partial charge in [0.15, 0.2) is 4.96 Å². The first kappa shape index (κ1) is 21.2. The van der Waals surface area contributed by atoms with Crippen molar-refractivity contribution in [2.75, 3.05) is 0 Å². The Morgan fingerprint density at radius 3 is 2.68 bits per heavy atom. The summed E-state index contributed by atoms with van der Waals surface area (Å²) in [5, 5.41) is 3.18. The van der Waals surface area contributed by atoms with Crippen LogP contribution < -0.4 is 14.8 Å². The average Bonchev–Trinajstić information content (AvgIpc) is 3.35. The largest absolute Gasteiger partial charge is 0.488 e. The Bertz CT molecular complexity index is 1820. The molecule has 0 aliphatic carbocycles. The molecule has 34 heavy (non-hydrogen) atoms. The molecule has 0 aliphatic heterocycles. The van der Waals surface area contributed by atoms with Gasteiger partial charge in [-0.05, 0) is 47.2 Å². The third-order valence-electron chi connectivity index (χ3n) is 5.75. The van der Waals surface area contributed by atoms with E-state index in [9.17, 15) is 4.79 Å². The second-order valence-electron chi connectivity index (χ2n) is 7.86. The van der Waals surface area contributed by atoms with Crippen LogP contribution in [0.25, 0.3) is 32.8 Å². The molecule has 0 saturated heterocycles. The normalized spacial score (nSPS) is 12.2. The molecule has 0 radical (unpaired) electrons. The summed E-state index contributed by atoms with van der Waals surface area (Å²) >= 11 is 13.7. The highest BCUT2D eigenvalue weighted by Crippen LogP contribution is 2.31. The summed E-state index contributed by atoms with van der Waals surface area (Å²) in [7, 11) is 0. The van der Waals surface area contributed by atoms with Gasteiger partial charge in [-0.25, -0.2) is 9.38 Å². The molecule has 0 spiro atoms. The van der Waals surface area contributed by atoms with Crippen LogP contribution in [0.2, 0.25) is 10.0 Å². The molecule has 0 saturated carbocycles. The number of ether oxygens (including phenoxy) is 1. The third-order valence-corrected chi connectivity index (χ3v) is 7.31. The van der Waals surface area contributed by atoms with Gasteiger partial charge in [0.1, 0.15) is 12.4 Å². The lowest BCUT2D eigenvalue weighted by Crippen LogP contribution is -2.22. The quantitative estimate of drug-likeness (QED) is 0.276. The predicted molar refractivity (Wildman–Crippen MR) is 140 cm³/mol. The number of benzene rings is 4. The van der Waals surface area contributed by atoms with Gasteiger partial charge < -0.3 is 4.74 Å². The molecule has 6 rings (SSSR count). The van der Waals surface area contributed by atoms with E-state index in [0.717, 1.165) is 32.9 Å². The van der Waals surface area contributed by atoms with Gasteiger partial charge in [0, 0.05) is 21.2 Å². The first-order chi connectivity index (χ1) is 16.6. The summed E-state index contributed by atoms with van der Waals surface area (Å²) in [6.45, 7) is 0.276. The number of nitrogens with zero attached hydrogens (tertiary/aromatic N) is 2. The lowest BCUT2D eigenvalue weighted by molar-refractivity contribution is 0.306. The van der Waals surface area contributed by atoms with Crippen molar-refractivity contribution in [2.45, 2.75) is 6.61 Å². The van der Waals surface area contributed by atoms with E-state index in [-0.39, 0.29) is 12.2 Å². The fourth-order valence-corrected chi connectivity index (χ4v) is 5.52. The Hall–Kier alpha value is -3.38. The minimum atomic E-state index is -0.0895. The van der Waals surface area contributed by atoms with Crippen molar-refractivity contribution in [3.05, 3.63) is 115 Å². The highest BCUT2D eigenvalue weighted by atomic mass is 35.5. The number of aromatic nitrogens is 2. The fraction of sp³-hybridized carbons (Fsp3) is 0.0370. The van der Waals surface area contributed by atoms with Crippen molar-refractivity contribution < 1.29 is 4.74 Å². The molecule has 0 atom stereocenters. The highest BCUT2D eigenvalue weighted by molar-refractivity contribution is 7.15. The topological polar surface area (TPSA) is 43.6 Å². The molecule has 0 fully saturated rings. The predicted octanol–water partition coefficient (Wildman–Crippen LogP) is 6.50. The van der Waals surface area contributed by atoms with E-state index < -0.39 is 0 Å². The first-order valence-electron chi connectivity index (χ1n) is 10.6. The highest BCUT2D eigenvalue weighted by Gasteiger charge is 2.13. The minimum Gasteiger partial charge on any atom is -0.488 e. The Labute approximate surface area is 208 Å². The Morgan fingerprint density at radius 2 is 1.79 bits per heavy atom. The molecule has 4 nitrogen and oxygen atoms in total. The molecule has 0 unspecified atom stereocenters. The van der Waals surface area contributed by atoms with Crippen molar-refractivity contribution in [3.63, 3.8) is 0 Å². The molecular formula is C27H16Cl2N2O2S. The SMILES string of the molecule is O=c1/c(=C/c2c(OCc3ccc(Cl)cc3Cl)ccc3ccccc23)sc2nc3ccccc3n12. The Kier molecular flexibility index (Phi) is 5.26. The van der Waals surface area contributed by atoms with E-state index in [0.29, 0.717) is 25.3 Å². The van der Waals surface area contributed by atoms with Gasteiger partial charge in [0.25, 0.3) is 5.56 Å². The number of imidazole rings is 1. The monoisotopic (exact) mass is 502 g/mol. The van der Waals surface area contributed by atoms with Crippen LogP contribution in [-0.2, 0) is 6.61 Å². The summed E-state index contributed by atoms with van der Waals surface area (Å²) in [5.41, 5.74) is 3.20. The van der Waals surface area contributed by atoms with Gasteiger partial charge >= 0.3 is 0 Å². The van der Waals surface area contributed by atoms with Crippen LogP contribution in [0.15, 0.2) is 83.7 Å². The van der Waals surface area contributed by atoms with Gasteiger partial charge in [-0.15, -0.1) is 0 Å². The smallest absolute Gasteiger partial charge is 0.274 e. The van der Waals surface area contributed by atoms with Crippen LogP contribution in [0.5, 0.6) is 5.75 Å². The number of halogens is 2. The maximum Gasteiger partial charge on any atom is 0.274 e. The molecule has 4 aromatic carbocycles. The molecule has 0 aliphatic rings. The van der Waals surface area contributed by atoms with Gasteiger partial charge in [-0.3, -0.25) is 4.79 Å². The van der Waals surface area contributed by atoms with E-state index in [2.05, 4.69) is 4.98 Å². The van der Waals surface area contributed by atoms with Gasteiger partial charge in [-0.1, -0.05) is 83.1 Å².